The van der Waals surface area contributed by atoms with Crippen LogP contribution < -0.4 is 10.2 Å². The Balaban J connectivity index is 2.34. The van der Waals surface area contributed by atoms with Crippen molar-refractivity contribution in [1.82, 2.24) is 0 Å². The van der Waals surface area contributed by atoms with Gasteiger partial charge in [-0.15, -0.1) is 0 Å². The van der Waals surface area contributed by atoms with E-state index in [1.165, 1.54) is 26.0 Å². The summed E-state index contributed by atoms with van der Waals surface area (Å²) in [7, 11) is -1.01. The van der Waals surface area contributed by atoms with Crippen LogP contribution in [0, 0.1) is 23.0 Å². The zero-order valence-electron chi connectivity index (χ0n) is 14.2. The van der Waals surface area contributed by atoms with Crippen LogP contribution >= 0.6 is 0 Å². The molecular formula is C16H20BF2NO3. The quantitative estimate of drug-likeness (QED) is 0.803. The molecule has 1 aromatic carbocycles. The Hall–Kier alpha value is -1.65. The maximum Gasteiger partial charge on any atom is 0.497 e. The van der Waals surface area contributed by atoms with Crippen molar-refractivity contribution in [2.45, 2.75) is 58.3 Å². The molecule has 0 atom stereocenters. The highest BCUT2D eigenvalue weighted by molar-refractivity contribution is 6.62. The summed E-state index contributed by atoms with van der Waals surface area (Å²) in [4.78, 5) is 0. The minimum Gasteiger partial charge on any atom is -0.470 e. The lowest BCUT2D eigenvalue weighted by Crippen LogP contribution is -2.41. The van der Waals surface area contributed by atoms with Gasteiger partial charge in [0.15, 0.2) is 23.0 Å². The summed E-state index contributed by atoms with van der Waals surface area (Å²) in [6, 6.07) is 4.49. The van der Waals surface area contributed by atoms with Gasteiger partial charge >= 0.3 is 7.12 Å². The van der Waals surface area contributed by atoms with Gasteiger partial charge in [0.05, 0.1) is 11.2 Å². The van der Waals surface area contributed by atoms with Gasteiger partial charge in [-0.3, -0.25) is 0 Å². The molecule has 0 spiro atoms. The van der Waals surface area contributed by atoms with E-state index in [0.29, 0.717) is 0 Å². The first-order valence-electron chi connectivity index (χ1n) is 7.34. The fourth-order valence-electron chi connectivity index (χ4n) is 2.08. The largest absolute Gasteiger partial charge is 0.497 e. The molecule has 0 aliphatic carbocycles. The molecule has 0 radical (unpaired) electrons. The molecule has 7 heteroatoms. The van der Waals surface area contributed by atoms with Gasteiger partial charge in [0.1, 0.15) is 6.07 Å². The predicted molar refractivity (Wildman–Crippen MR) is 82.4 cm³/mol. The maximum atomic E-state index is 14.4. The SMILES string of the molecule is CC(C)(C#N)Oc1ccc(B2OC(C)(C)C(C)(C)O2)c(F)c1F. The Morgan fingerprint density at radius 2 is 1.61 bits per heavy atom. The van der Waals surface area contributed by atoms with Crippen LogP contribution in [-0.2, 0) is 9.31 Å². The Morgan fingerprint density at radius 3 is 2.09 bits per heavy atom. The number of benzene rings is 1. The first kappa shape index (κ1) is 17.7. The molecule has 23 heavy (non-hydrogen) atoms. The van der Waals surface area contributed by atoms with Crippen molar-refractivity contribution < 1.29 is 22.8 Å². The highest BCUT2D eigenvalue weighted by Gasteiger charge is 2.52. The van der Waals surface area contributed by atoms with Crippen molar-refractivity contribution >= 4 is 12.6 Å². The van der Waals surface area contributed by atoms with Crippen LogP contribution in [0.15, 0.2) is 12.1 Å². The molecule has 0 amide bonds. The zero-order chi connectivity index (χ0) is 17.6. The summed E-state index contributed by atoms with van der Waals surface area (Å²) in [5, 5.41) is 8.93. The second-order valence-corrected chi connectivity index (χ2v) is 7.09. The number of nitrogens with zero attached hydrogens (tertiary/aromatic N) is 1. The van der Waals surface area contributed by atoms with Gasteiger partial charge in [-0.1, -0.05) is 6.07 Å². The van der Waals surface area contributed by atoms with E-state index in [-0.39, 0.29) is 11.2 Å². The van der Waals surface area contributed by atoms with Crippen molar-refractivity contribution in [3.05, 3.63) is 23.8 Å². The Kier molecular flexibility index (Phi) is 4.21. The molecule has 0 aromatic heterocycles. The Bertz CT molecular complexity index is 652. The van der Waals surface area contributed by atoms with Crippen LogP contribution in [0.25, 0.3) is 0 Å². The van der Waals surface area contributed by atoms with Crippen molar-refractivity contribution in [3.63, 3.8) is 0 Å². The Morgan fingerprint density at radius 1 is 1.09 bits per heavy atom. The van der Waals surface area contributed by atoms with Crippen LogP contribution in [0.5, 0.6) is 5.75 Å². The van der Waals surface area contributed by atoms with E-state index in [9.17, 15) is 8.78 Å². The Labute approximate surface area is 135 Å². The van der Waals surface area contributed by atoms with E-state index < -0.39 is 35.6 Å². The second kappa shape index (κ2) is 5.46. The molecule has 1 saturated heterocycles. The molecule has 0 unspecified atom stereocenters. The van der Waals surface area contributed by atoms with Crippen molar-refractivity contribution in [1.29, 1.82) is 5.26 Å². The minimum atomic E-state index is -1.26. The summed E-state index contributed by atoms with van der Waals surface area (Å²) in [6.07, 6.45) is 0. The van der Waals surface area contributed by atoms with Gasteiger partial charge in [-0.25, -0.2) is 4.39 Å². The second-order valence-electron chi connectivity index (χ2n) is 7.09. The fourth-order valence-corrected chi connectivity index (χ4v) is 2.08. The van der Waals surface area contributed by atoms with Gasteiger partial charge in [-0.2, -0.15) is 9.65 Å². The molecule has 1 fully saturated rings. The van der Waals surface area contributed by atoms with Gasteiger partial charge in [-0.05, 0) is 47.6 Å². The molecule has 0 N–H and O–H groups in total. The normalized spacial score (nSPS) is 19.5. The van der Waals surface area contributed by atoms with E-state index in [1.807, 2.05) is 33.8 Å². The topological polar surface area (TPSA) is 51.5 Å². The number of rotatable bonds is 3. The smallest absolute Gasteiger partial charge is 0.470 e. The molecule has 0 bridgehead atoms. The minimum absolute atomic E-state index is 0.0386. The van der Waals surface area contributed by atoms with Crippen LogP contribution in [0.3, 0.4) is 0 Å². The van der Waals surface area contributed by atoms with Gasteiger partial charge < -0.3 is 14.0 Å². The molecule has 1 heterocycles. The van der Waals surface area contributed by atoms with E-state index >= 15 is 0 Å². The maximum absolute atomic E-state index is 14.4. The summed E-state index contributed by atoms with van der Waals surface area (Å²) >= 11 is 0. The van der Waals surface area contributed by atoms with E-state index in [1.54, 1.807) is 0 Å². The molecule has 1 aromatic rings. The van der Waals surface area contributed by atoms with Crippen LogP contribution in [0.4, 0.5) is 8.78 Å². The third-order valence-electron chi connectivity index (χ3n) is 4.22. The van der Waals surface area contributed by atoms with Gasteiger partial charge in [0.2, 0.25) is 0 Å². The number of halogens is 2. The lowest BCUT2D eigenvalue weighted by Gasteiger charge is -2.32. The fraction of sp³-hybridized carbons (Fsp3) is 0.562. The number of hydrogen-bond acceptors (Lipinski definition) is 4. The highest BCUT2D eigenvalue weighted by Crippen LogP contribution is 2.37. The monoisotopic (exact) mass is 323 g/mol. The summed E-state index contributed by atoms with van der Waals surface area (Å²) in [6.45, 7) is 10.2. The van der Waals surface area contributed by atoms with Crippen molar-refractivity contribution in [2.75, 3.05) is 0 Å². The van der Waals surface area contributed by atoms with Crippen molar-refractivity contribution in [2.24, 2.45) is 0 Å². The van der Waals surface area contributed by atoms with Crippen LogP contribution in [-0.4, -0.2) is 23.9 Å². The van der Waals surface area contributed by atoms with E-state index in [2.05, 4.69) is 0 Å². The molecule has 4 nitrogen and oxygen atoms in total. The number of ether oxygens (including phenoxy) is 1. The lowest BCUT2D eigenvalue weighted by atomic mass is 9.78. The lowest BCUT2D eigenvalue weighted by molar-refractivity contribution is 0.00578. The first-order valence-corrected chi connectivity index (χ1v) is 7.34. The molecular weight excluding hydrogens is 303 g/mol. The molecule has 124 valence electrons. The number of nitriles is 1. The summed E-state index contributed by atoms with van der Waals surface area (Å²) in [5.41, 5.74) is -2.61. The third kappa shape index (κ3) is 3.19. The third-order valence-corrected chi connectivity index (χ3v) is 4.22. The summed E-state index contributed by atoms with van der Waals surface area (Å²) < 4.78 is 45.3. The number of hydrogen-bond donors (Lipinski definition) is 0. The molecule has 1 aliphatic rings. The van der Waals surface area contributed by atoms with Gasteiger partial charge in [0.25, 0.3) is 0 Å². The zero-order valence-corrected chi connectivity index (χ0v) is 14.2. The van der Waals surface area contributed by atoms with Gasteiger partial charge in [0, 0.05) is 5.46 Å². The standard InChI is InChI=1S/C16H20BF2NO3/c1-14(2,9-20)21-11-8-7-10(12(18)13(11)19)17-22-15(3,4)16(5,6)23-17/h7-8H,1-6H3. The van der Waals surface area contributed by atoms with E-state index in [0.717, 1.165) is 0 Å². The van der Waals surface area contributed by atoms with Crippen molar-refractivity contribution in [3.8, 4) is 11.8 Å². The highest BCUT2D eigenvalue weighted by atomic mass is 19.2. The van der Waals surface area contributed by atoms with Crippen LogP contribution in [0.2, 0.25) is 0 Å². The molecule has 2 rings (SSSR count). The summed E-state index contributed by atoms with van der Waals surface area (Å²) in [5.74, 6) is -2.59. The molecule has 1 aliphatic heterocycles. The average Bonchev–Trinajstić information content (AvgIpc) is 2.64. The molecule has 0 saturated carbocycles. The van der Waals surface area contributed by atoms with Crippen LogP contribution in [0.1, 0.15) is 41.5 Å². The predicted octanol–water partition coefficient (Wildman–Crippen LogP) is 2.94. The van der Waals surface area contributed by atoms with E-state index in [4.69, 9.17) is 19.3 Å². The first-order chi connectivity index (χ1) is 10.4. The average molecular weight is 323 g/mol.